The molecule has 0 aromatic carbocycles. The van der Waals surface area contributed by atoms with Crippen molar-refractivity contribution in [1.82, 2.24) is 20.4 Å². The molecule has 1 N–H and O–H groups in total. The second-order valence-electron chi connectivity index (χ2n) is 4.67. The highest BCUT2D eigenvalue weighted by atomic mass is 16.5. The molecule has 3 heterocycles. The van der Waals surface area contributed by atoms with Gasteiger partial charge < -0.3 is 14.7 Å². The summed E-state index contributed by atoms with van der Waals surface area (Å²) in [6, 6.07) is 3.56. The van der Waals surface area contributed by atoms with Gasteiger partial charge in [-0.3, -0.25) is 9.78 Å². The smallest absolute Gasteiger partial charge is 0.299 e. The van der Waals surface area contributed by atoms with E-state index in [0.717, 1.165) is 25.1 Å². The highest BCUT2D eigenvalue weighted by Crippen LogP contribution is 2.21. The van der Waals surface area contributed by atoms with Crippen molar-refractivity contribution in [3.8, 4) is 0 Å². The molecule has 0 spiro atoms. The zero-order chi connectivity index (χ0) is 13.9. The summed E-state index contributed by atoms with van der Waals surface area (Å²) < 4.78 is 5.17. The lowest BCUT2D eigenvalue weighted by atomic mass is 10.2. The van der Waals surface area contributed by atoms with Gasteiger partial charge in [-0.05, 0) is 31.5 Å². The maximum atomic E-state index is 12.3. The zero-order valence-electron chi connectivity index (χ0n) is 11.1. The number of carbonyl (C=O) groups is 1. The van der Waals surface area contributed by atoms with Gasteiger partial charge in [-0.15, -0.1) is 0 Å². The molecule has 1 fully saturated rings. The first-order valence-electron chi connectivity index (χ1n) is 6.51. The van der Waals surface area contributed by atoms with Crippen molar-refractivity contribution in [3.05, 3.63) is 36.2 Å². The minimum Gasteiger partial charge on any atom is -0.337 e. The summed E-state index contributed by atoms with van der Waals surface area (Å²) in [4.78, 5) is 21.9. The van der Waals surface area contributed by atoms with Gasteiger partial charge in [0.05, 0.1) is 6.04 Å². The Morgan fingerprint density at radius 3 is 2.95 bits per heavy atom. The predicted molar refractivity (Wildman–Crippen MR) is 71.2 cm³/mol. The SMILES string of the molecule is CN(C(=O)c1noc(C2CCCN2)n1)c1ccncc1. The summed E-state index contributed by atoms with van der Waals surface area (Å²) in [6.45, 7) is 0.938. The third kappa shape index (κ3) is 2.39. The van der Waals surface area contributed by atoms with Crippen LogP contribution in [0.3, 0.4) is 0 Å². The van der Waals surface area contributed by atoms with Crippen molar-refractivity contribution in [3.63, 3.8) is 0 Å². The molecule has 104 valence electrons. The number of carbonyl (C=O) groups excluding carboxylic acids is 1. The lowest BCUT2D eigenvalue weighted by Gasteiger charge is -2.14. The van der Waals surface area contributed by atoms with Crippen molar-refractivity contribution in [2.75, 3.05) is 18.5 Å². The van der Waals surface area contributed by atoms with E-state index in [1.807, 2.05) is 0 Å². The van der Waals surface area contributed by atoms with Gasteiger partial charge in [0, 0.05) is 25.1 Å². The fourth-order valence-corrected chi connectivity index (χ4v) is 2.19. The van der Waals surface area contributed by atoms with Gasteiger partial charge in [-0.25, -0.2) is 0 Å². The average Bonchev–Trinajstić information content (AvgIpc) is 3.17. The number of anilines is 1. The molecule has 2 aromatic heterocycles. The monoisotopic (exact) mass is 273 g/mol. The molecule has 1 amide bonds. The second-order valence-corrected chi connectivity index (χ2v) is 4.67. The number of pyridine rings is 1. The molecular formula is C13H15N5O2. The summed E-state index contributed by atoms with van der Waals surface area (Å²) >= 11 is 0. The Morgan fingerprint density at radius 2 is 2.25 bits per heavy atom. The van der Waals surface area contributed by atoms with Crippen molar-refractivity contribution >= 4 is 11.6 Å². The van der Waals surface area contributed by atoms with Gasteiger partial charge in [0.25, 0.3) is 11.7 Å². The summed E-state index contributed by atoms with van der Waals surface area (Å²) in [7, 11) is 1.67. The van der Waals surface area contributed by atoms with Gasteiger partial charge >= 0.3 is 0 Å². The van der Waals surface area contributed by atoms with Crippen LogP contribution in [0, 0.1) is 0 Å². The molecule has 1 saturated heterocycles. The van der Waals surface area contributed by atoms with Gasteiger partial charge in [0.1, 0.15) is 0 Å². The summed E-state index contributed by atoms with van der Waals surface area (Å²) in [5.74, 6) is 0.256. The Hall–Kier alpha value is -2.28. The Bertz CT molecular complexity index is 592. The van der Waals surface area contributed by atoms with E-state index in [4.69, 9.17) is 4.52 Å². The standard InChI is InChI=1S/C13H15N5O2/c1-18(9-4-7-14-8-5-9)13(19)11-16-12(20-17-11)10-3-2-6-15-10/h4-5,7-8,10,15H,2-3,6H2,1H3. The highest BCUT2D eigenvalue weighted by molar-refractivity contribution is 6.02. The van der Waals surface area contributed by atoms with E-state index in [-0.39, 0.29) is 17.8 Å². The molecule has 0 saturated carbocycles. The van der Waals surface area contributed by atoms with Gasteiger partial charge in [0.15, 0.2) is 0 Å². The van der Waals surface area contributed by atoms with E-state index in [1.165, 1.54) is 4.90 Å². The average molecular weight is 273 g/mol. The van der Waals surface area contributed by atoms with Crippen LogP contribution in [0.1, 0.15) is 35.4 Å². The van der Waals surface area contributed by atoms with Crippen LogP contribution < -0.4 is 10.2 Å². The van der Waals surface area contributed by atoms with Crippen molar-refractivity contribution < 1.29 is 9.32 Å². The largest absolute Gasteiger partial charge is 0.337 e. The minimum absolute atomic E-state index is 0.0651. The number of aromatic nitrogens is 3. The maximum absolute atomic E-state index is 12.3. The molecule has 7 heteroatoms. The van der Waals surface area contributed by atoms with Crippen LogP contribution in [0.25, 0.3) is 0 Å². The van der Waals surface area contributed by atoms with Crippen LogP contribution in [0.15, 0.2) is 29.0 Å². The first kappa shape index (κ1) is 12.7. The fraction of sp³-hybridized carbons (Fsp3) is 0.385. The fourth-order valence-electron chi connectivity index (χ4n) is 2.19. The molecular weight excluding hydrogens is 258 g/mol. The first-order chi connectivity index (χ1) is 9.75. The lowest BCUT2D eigenvalue weighted by molar-refractivity contribution is 0.0980. The number of hydrogen-bond donors (Lipinski definition) is 1. The summed E-state index contributed by atoms with van der Waals surface area (Å²) in [6.07, 6.45) is 5.29. The normalized spacial score (nSPS) is 18.1. The van der Waals surface area contributed by atoms with Crippen LogP contribution in [-0.2, 0) is 0 Å². The molecule has 3 rings (SSSR count). The van der Waals surface area contributed by atoms with E-state index in [1.54, 1.807) is 31.6 Å². The number of rotatable bonds is 3. The molecule has 1 aliphatic rings. The zero-order valence-corrected chi connectivity index (χ0v) is 11.1. The minimum atomic E-state index is -0.302. The van der Waals surface area contributed by atoms with Crippen LogP contribution >= 0.6 is 0 Å². The van der Waals surface area contributed by atoms with E-state index in [9.17, 15) is 4.79 Å². The Morgan fingerprint density at radius 1 is 1.45 bits per heavy atom. The Labute approximate surface area is 116 Å². The molecule has 0 radical (unpaired) electrons. The summed E-state index contributed by atoms with van der Waals surface area (Å²) in [5, 5.41) is 7.03. The first-order valence-corrected chi connectivity index (χ1v) is 6.51. The van der Waals surface area contributed by atoms with Gasteiger partial charge in [0.2, 0.25) is 5.89 Å². The van der Waals surface area contributed by atoms with Crippen LogP contribution in [0.4, 0.5) is 5.69 Å². The van der Waals surface area contributed by atoms with Crippen LogP contribution in [0.2, 0.25) is 0 Å². The van der Waals surface area contributed by atoms with Crippen LogP contribution in [0.5, 0.6) is 0 Å². The number of hydrogen-bond acceptors (Lipinski definition) is 6. The topological polar surface area (TPSA) is 84.2 Å². The number of nitrogens with zero attached hydrogens (tertiary/aromatic N) is 4. The predicted octanol–water partition coefficient (Wildman–Crippen LogP) is 1.17. The maximum Gasteiger partial charge on any atom is 0.299 e. The third-order valence-electron chi connectivity index (χ3n) is 3.35. The van der Waals surface area contributed by atoms with E-state index in [2.05, 4.69) is 20.4 Å². The molecule has 1 aliphatic heterocycles. The third-order valence-corrected chi connectivity index (χ3v) is 3.35. The number of nitrogens with one attached hydrogen (secondary N) is 1. The molecule has 1 unspecified atom stereocenters. The molecule has 2 aromatic rings. The quantitative estimate of drug-likeness (QED) is 0.903. The highest BCUT2D eigenvalue weighted by Gasteiger charge is 2.25. The Kier molecular flexibility index (Phi) is 3.42. The molecule has 0 bridgehead atoms. The number of amides is 1. The molecule has 1 atom stereocenters. The molecule has 0 aliphatic carbocycles. The van der Waals surface area contributed by atoms with E-state index >= 15 is 0 Å². The Balaban J connectivity index is 1.77. The molecule has 7 nitrogen and oxygen atoms in total. The van der Waals surface area contributed by atoms with Crippen molar-refractivity contribution in [2.45, 2.75) is 18.9 Å². The summed E-state index contributed by atoms with van der Waals surface area (Å²) in [5.41, 5.74) is 0.732. The van der Waals surface area contributed by atoms with E-state index in [0.29, 0.717) is 5.89 Å². The van der Waals surface area contributed by atoms with Gasteiger partial charge in [-0.1, -0.05) is 5.16 Å². The molecule has 20 heavy (non-hydrogen) atoms. The van der Waals surface area contributed by atoms with Crippen molar-refractivity contribution in [2.24, 2.45) is 0 Å². The van der Waals surface area contributed by atoms with Crippen LogP contribution in [-0.4, -0.2) is 34.6 Å². The van der Waals surface area contributed by atoms with E-state index < -0.39 is 0 Å². The second kappa shape index (κ2) is 5.38. The van der Waals surface area contributed by atoms with Gasteiger partial charge in [-0.2, -0.15) is 4.98 Å². The lowest BCUT2D eigenvalue weighted by Crippen LogP contribution is -2.27. The van der Waals surface area contributed by atoms with Crippen molar-refractivity contribution in [1.29, 1.82) is 0 Å².